The average molecular weight is 316 g/mol. The Bertz CT molecular complexity index is 758. The molecule has 0 saturated heterocycles. The smallest absolute Gasteiger partial charge is 0.343 e. The van der Waals surface area contributed by atoms with Crippen LogP contribution < -0.4 is 9.47 Å². The normalized spacial score (nSPS) is 9.95. The van der Waals surface area contributed by atoms with Crippen LogP contribution in [0.1, 0.15) is 27.0 Å². The topological polar surface area (TPSA) is 59.3 Å². The van der Waals surface area contributed by atoms with Crippen molar-refractivity contribution >= 4 is 17.6 Å². The summed E-state index contributed by atoms with van der Waals surface area (Å²) in [5.41, 5.74) is 2.68. The van der Waals surface area contributed by atoms with Crippen molar-refractivity contribution in [2.24, 2.45) is 0 Å². The van der Waals surface area contributed by atoms with Crippen molar-refractivity contribution in [3.63, 3.8) is 0 Å². The summed E-state index contributed by atoms with van der Waals surface area (Å²) in [5.74, 6) is -0.189. The van der Waals surface area contributed by atoms with E-state index in [0.29, 0.717) is 11.1 Å². The highest BCUT2D eigenvalue weighted by Gasteiger charge is 2.17. The number of halogens is 1. The molecular weight excluding hydrogens is 302 g/mol. The van der Waals surface area contributed by atoms with Crippen LogP contribution in [-0.2, 0) is 0 Å². The molecular formula is C17H14ClNO3. The lowest BCUT2D eigenvalue weighted by molar-refractivity contribution is 0.0729. The predicted octanol–water partition coefficient (Wildman–Crippen LogP) is 4.06. The van der Waals surface area contributed by atoms with Gasteiger partial charge in [0.25, 0.3) is 0 Å². The van der Waals surface area contributed by atoms with Gasteiger partial charge in [0.2, 0.25) is 0 Å². The largest absolute Gasteiger partial charge is 0.493 e. The maximum atomic E-state index is 12.3. The quantitative estimate of drug-likeness (QED) is 0.633. The first kappa shape index (κ1) is 15.9. The van der Waals surface area contributed by atoms with Crippen molar-refractivity contribution in [3.05, 3.63) is 57.6 Å². The average Bonchev–Trinajstić information content (AvgIpc) is 2.47. The van der Waals surface area contributed by atoms with Gasteiger partial charge in [-0.1, -0.05) is 28.8 Å². The zero-order valence-corrected chi connectivity index (χ0v) is 13.2. The maximum Gasteiger partial charge on any atom is 0.343 e. The van der Waals surface area contributed by atoms with Crippen LogP contribution in [0.25, 0.3) is 0 Å². The number of methoxy groups -OCH3 is 1. The lowest BCUT2D eigenvalue weighted by Gasteiger charge is -2.12. The van der Waals surface area contributed by atoms with Crippen molar-refractivity contribution < 1.29 is 14.3 Å². The number of esters is 1. The maximum absolute atomic E-state index is 12.3. The summed E-state index contributed by atoms with van der Waals surface area (Å²) in [7, 11) is 1.42. The summed E-state index contributed by atoms with van der Waals surface area (Å²) in [6, 6.07) is 10.3. The van der Waals surface area contributed by atoms with Gasteiger partial charge in [0.15, 0.2) is 11.5 Å². The fraction of sp³-hybridized carbons (Fsp3) is 0.176. The van der Waals surface area contributed by atoms with Crippen LogP contribution in [0.4, 0.5) is 0 Å². The number of benzene rings is 2. The fourth-order valence-electron chi connectivity index (χ4n) is 2.13. The van der Waals surface area contributed by atoms with Crippen LogP contribution in [0, 0.1) is 25.2 Å². The summed E-state index contributed by atoms with van der Waals surface area (Å²) >= 11 is 6.08. The van der Waals surface area contributed by atoms with Gasteiger partial charge in [-0.05, 0) is 32.0 Å². The van der Waals surface area contributed by atoms with Gasteiger partial charge in [0.05, 0.1) is 29.3 Å². The number of carbonyl (C=O) groups is 1. The Labute approximate surface area is 133 Å². The first-order chi connectivity index (χ1) is 10.4. The molecule has 112 valence electrons. The zero-order chi connectivity index (χ0) is 16.3. The molecule has 22 heavy (non-hydrogen) atoms. The SMILES string of the molecule is COc1cc(C#N)cc(Cl)c1OC(=O)c1cc(C)cc(C)c1. The van der Waals surface area contributed by atoms with E-state index in [1.165, 1.54) is 19.2 Å². The van der Waals surface area contributed by atoms with Gasteiger partial charge in [-0.2, -0.15) is 5.26 Å². The fourth-order valence-corrected chi connectivity index (χ4v) is 2.38. The molecule has 0 bridgehead atoms. The van der Waals surface area contributed by atoms with Crippen molar-refractivity contribution in [1.82, 2.24) is 0 Å². The van der Waals surface area contributed by atoms with E-state index in [1.807, 2.05) is 26.0 Å². The molecule has 0 radical (unpaired) electrons. The molecule has 0 fully saturated rings. The summed E-state index contributed by atoms with van der Waals surface area (Å²) in [6.45, 7) is 3.80. The Balaban J connectivity index is 2.38. The van der Waals surface area contributed by atoms with Gasteiger partial charge in [0, 0.05) is 6.07 Å². The number of hydrogen-bond acceptors (Lipinski definition) is 4. The standard InChI is InChI=1S/C17H14ClNO3/c1-10-4-11(2)6-13(5-10)17(20)22-16-14(18)7-12(9-19)8-15(16)21-3/h4-8H,1-3H3. The third-order valence-corrected chi connectivity index (χ3v) is 3.29. The van der Waals surface area contributed by atoms with Crippen LogP contribution in [0.5, 0.6) is 11.5 Å². The van der Waals surface area contributed by atoms with E-state index in [1.54, 1.807) is 12.1 Å². The Kier molecular flexibility index (Phi) is 4.69. The third-order valence-electron chi connectivity index (χ3n) is 3.01. The van der Waals surface area contributed by atoms with Crippen molar-refractivity contribution in [2.75, 3.05) is 7.11 Å². The minimum Gasteiger partial charge on any atom is -0.493 e. The van der Waals surface area contributed by atoms with Crippen molar-refractivity contribution in [2.45, 2.75) is 13.8 Å². The van der Waals surface area contributed by atoms with Gasteiger partial charge in [0.1, 0.15) is 0 Å². The molecule has 5 heteroatoms. The molecule has 0 saturated carbocycles. The molecule has 0 atom stereocenters. The zero-order valence-electron chi connectivity index (χ0n) is 12.4. The lowest BCUT2D eigenvalue weighted by atomic mass is 10.1. The van der Waals surface area contributed by atoms with Crippen LogP contribution >= 0.6 is 11.6 Å². The second-order valence-corrected chi connectivity index (χ2v) is 5.27. The Morgan fingerprint density at radius 1 is 1.14 bits per heavy atom. The van der Waals surface area contributed by atoms with Crippen LogP contribution in [0.2, 0.25) is 5.02 Å². The molecule has 0 aliphatic heterocycles. The van der Waals surface area contributed by atoms with Gasteiger partial charge in [-0.15, -0.1) is 0 Å². The monoisotopic (exact) mass is 315 g/mol. The van der Waals surface area contributed by atoms with Crippen molar-refractivity contribution in [1.29, 1.82) is 5.26 Å². The molecule has 0 heterocycles. The summed E-state index contributed by atoms with van der Waals surface area (Å²) in [5, 5.41) is 9.07. The van der Waals surface area contributed by atoms with Crippen molar-refractivity contribution in [3.8, 4) is 17.6 Å². The summed E-state index contributed by atoms with van der Waals surface area (Å²) in [4.78, 5) is 12.3. The summed E-state index contributed by atoms with van der Waals surface area (Å²) in [6.07, 6.45) is 0. The third kappa shape index (κ3) is 3.38. The first-order valence-corrected chi connectivity index (χ1v) is 6.90. The number of rotatable bonds is 3. The minimum atomic E-state index is -0.531. The van der Waals surface area contributed by atoms with Gasteiger partial charge >= 0.3 is 5.97 Å². The first-order valence-electron chi connectivity index (χ1n) is 6.52. The molecule has 2 aromatic carbocycles. The van der Waals surface area contributed by atoms with E-state index in [-0.39, 0.29) is 16.5 Å². The van der Waals surface area contributed by atoms with E-state index in [2.05, 4.69) is 0 Å². The van der Waals surface area contributed by atoms with E-state index in [4.69, 9.17) is 26.3 Å². The van der Waals surface area contributed by atoms with Gasteiger partial charge < -0.3 is 9.47 Å². The minimum absolute atomic E-state index is 0.104. The van der Waals surface area contributed by atoms with Crippen LogP contribution in [0.15, 0.2) is 30.3 Å². The highest BCUT2D eigenvalue weighted by atomic mass is 35.5. The predicted molar refractivity (Wildman–Crippen MR) is 83.6 cm³/mol. The highest BCUT2D eigenvalue weighted by Crippen LogP contribution is 2.36. The second-order valence-electron chi connectivity index (χ2n) is 4.87. The molecule has 2 aromatic rings. The van der Waals surface area contributed by atoms with E-state index < -0.39 is 5.97 Å². The molecule has 0 aliphatic rings. The van der Waals surface area contributed by atoms with E-state index in [0.717, 1.165) is 11.1 Å². The van der Waals surface area contributed by atoms with Crippen LogP contribution in [0.3, 0.4) is 0 Å². The second kappa shape index (κ2) is 6.50. The molecule has 0 spiro atoms. The molecule has 4 nitrogen and oxygen atoms in total. The molecule has 0 amide bonds. The summed E-state index contributed by atoms with van der Waals surface area (Å²) < 4.78 is 10.5. The molecule has 0 unspecified atom stereocenters. The van der Waals surface area contributed by atoms with E-state index in [9.17, 15) is 4.79 Å². The van der Waals surface area contributed by atoms with Gasteiger partial charge in [-0.25, -0.2) is 4.79 Å². The van der Waals surface area contributed by atoms with Gasteiger partial charge in [-0.3, -0.25) is 0 Å². The number of aryl methyl sites for hydroxylation is 2. The molecule has 0 N–H and O–H groups in total. The molecule has 0 aromatic heterocycles. The Hall–Kier alpha value is -2.51. The Morgan fingerprint density at radius 3 is 2.32 bits per heavy atom. The number of nitrogens with zero attached hydrogens (tertiary/aromatic N) is 1. The van der Waals surface area contributed by atoms with E-state index >= 15 is 0 Å². The number of ether oxygens (including phenoxy) is 2. The highest BCUT2D eigenvalue weighted by molar-refractivity contribution is 6.32. The number of nitriles is 1. The van der Waals surface area contributed by atoms with Crippen LogP contribution in [-0.4, -0.2) is 13.1 Å². The number of hydrogen-bond donors (Lipinski definition) is 0. The number of carbonyl (C=O) groups excluding carboxylic acids is 1. The Morgan fingerprint density at radius 2 is 1.77 bits per heavy atom. The molecule has 0 aliphatic carbocycles. The lowest BCUT2D eigenvalue weighted by Crippen LogP contribution is -2.10. The molecule has 2 rings (SSSR count).